The van der Waals surface area contributed by atoms with E-state index in [2.05, 4.69) is 15.0 Å². The number of ether oxygens (including phenoxy) is 1. The summed E-state index contributed by atoms with van der Waals surface area (Å²) < 4.78 is 5.85. The van der Waals surface area contributed by atoms with Gasteiger partial charge in [-0.2, -0.15) is 0 Å². The average molecular weight is 438 g/mol. The number of piperazine rings is 1. The number of hydrogen-bond acceptors (Lipinski definition) is 6. The molecule has 2 aromatic heterocycles. The van der Waals surface area contributed by atoms with Gasteiger partial charge in [0, 0.05) is 56.4 Å². The smallest absolute Gasteiger partial charge is 0.254 e. The SMILES string of the molecule is O=C(Cc1cncnc1)N1CCN(C(=O)c2ccnc(OCCC3CCCCC3)c2)CC1. The topological polar surface area (TPSA) is 88.5 Å². The second-order valence-electron chi connectivity index (χ2n) is 8.62. The molecule has 8 heteroatoms. The van der Waals surface area contributed by atoms with E-state index in [1.807, 2.05) is 0 Å². The normalized spacial score (nSPS) is 17.2. The summed E-state index contributed by atoms with van der Waals surface area (Å²) in [6.45, 7) is 2.71. The molecule has 1 saturated heterocycles. The van der Waals surface area contributed by atoms with E-state index >= 15 is 0 Å². The van der Waals surface area contributed by atoms with Crippen molar-refractivity contribution in [2.24, 2.45) is 5.92 Å². The summed E-state index contributed by atoms with van der Waals surface area (Å²) in [5.41, 5.74) is 1.37. The van der Waals surface area contributed by atoms with Gasteiger partial charge in [-0.1, -0.05) is 32.1 Å². The molecule has 1 aliphatic heterocycles. The Labute approximate surface area is 189 Å². The highest BCUT2D eigenvalue weighted by atomic mass is 16.5. The molecule has 170 valence electrons. The fourth-order valence-corrected chi connectivity index (χ4v) is 4.48. The molecule has 0 atom stereocenters. The number of pyridine rings is 1. The van der Waals surface area contributed by atoms with Gasteiger partial charge in [-0.3, -0.25) is 9.59 Å². The Kier molecular flexibility index (Phi) is 7.64. The van der Waals surface area contributed by atoms with Crippen molar-refractivity contribution < 1.29 is 14.3 Å². The third kappa shape index (κ3) is 6.02. The van der Waals surface area contributed by atoms with Crippen molar-refractivity contribution >= 4 is 11.8 Å². The number of amides is 2. The summed E-state index contributed by atoms with van der Waals surface area (Å²) >= 11 is 0. The monoisotopic (exact) mass is 437 g/mol. The number of rotatable bonds is 7. The Balaban J connectivity index is 1.24. The van der Waals surface area contributed by atoms with Crippen LogP contribution in [0.5, 0.6) is 5.88 Å². The molecular weight excluding hydrogens is 406 g/mol. The summed E-state index contributed by atoms with van der Waals surface area (Å²) in [6.07, 6.45) is 14.3. The Morgan fingerprint density at radius 1 is 1.00 bits per heavy atom. The van der Waals surface area contributed by atoms with Crippen LogP contribution in [-0.2, 0) is 11.2 Å². The first-order valence-corrected chi connectivity index (χ1v) is 11.6. The Bertz CT molecular complexity index is 894. The quantitative estimate of drug-likeness (QED) is 0.662. The fraction of sp³-hybridized carbons (Fsp3) is 0.542. The number of aromatic nitrogens is 3. The molecule has 0 N–H and O–H groups in total. The molecule has 0 spiro atoms. The Hall–Kier alpha value is -3.03. The van der Waals surface area contributed by atoms with E-state index in [0.29, 0.717) is 44.2 Å². The summed E-state index contributed by atoms with van der Waals surface area (Å²) in [7, 11) is 0. The van der Waals surface area contributed by atoms with Gasteiger partial charge < -0.3 is 14.5 Å². The molecule has 1 aliphatic carbocycles. The molecule has 0 unspecified atom stereocenters. The van der Waals surface area contributed by atoms with Gasteiger partial charge >= 0.3 is 0 Å². The standard InChI is InChI=1S/C24H31N5O3/c30-23(14-20-16-25-18-26-17-20)28-9-11-29(12-10-28)24(31)21-6-8-27-22(15-21)32-13-7-19-4-2-1-3-5-19/h6,8,15-19H,1-5,7,9-14H2. The van der Waals surface area contributed by atoms with E-state index in [1.54, 1.807) is 40.5 Å². The zero-order valence-electron chi connectivity index (χ0n) is 18.5. The van der Waals surface area contributed by atoms with E-state index in [1.165, 1.54) is 38.4 Å². The Morgan fingerprint density at radius 2 is 1.72 bits per heavy atom. The van der Waals surface area contributed by atoms with Gasteiger partial charge in [0.1, 0.15) is 6.33 Å². The highest BCUT2D eigenvalue weighted by Crippen LogP contribution is 2.26. The number of carbonyl (C=O) groups excluding carboxylic acids is 2. The molecule has 8 nitrogen and oxygen atoms in total. The van der Waals surface area contributed by atoms with Crippen molar-refractivity contribution in [1.82, 2.24) is 24.8 Å². The third-order valence-electron chi connectivity index (χ3n) is 6.37. The van der Waals surface area contributed by atoms with Crippen molar-refractivity contribution in [3.05, 3.63) is 48.2 Å². The fourth-order valence-electron chi connectivity index (χ4n) is 4.48. The van der Waals surface area contributed by atoms with Crippen LogP contribution in [0.4, 0.5) is 0 Å². The van der Waals surface area contributed by atoms with E-state index in [4.69, 9.17) is 4.74 Å². The van der Waals surface area contributed by atoms with Crippen LogP contribution in [-0.4, -0.2) is 69.4 Å². The van der Waals surface area contributed by atoms with Gasteiger partial charge in [0.2, 0.25) is 11.8 Å². The van der Waals surface area contributed by atoms with Crippen LogP contribution in [0, 0.1) is 5.92 Å². The minimum Gasteiger partial charge on any atom is -0.478 e. The van der Waals surface area contributed by atoms with Crippen LogP contribution in [0.15, 0.2) is 37.1 Å². The maximum atomic E-state index is 13.0. The van der Waals surface area contributed by atoms with Crippen LogP contribution >= 0.6 is 0 Å². The minimum absolute atomic E-state index is 0.0319. The van der Waals surface area contributed by atoms with Crippen molar-refractivity contribution in [3.8, 4) is 5.88 Å². The molecule has 2 amide bonds. The number of carbonyl (C=O) groups is 2. The van der Waals surface area contributed by atoms with Gasteiger partial charge in [0.05, 0.1) is 13.0 Å². The molecule has 2 fully saturated rings. The minimum atomic E-state index is -0.0481. The van der Waals surface area contributed by atoms with Crippen LogP contribution in [0.25, 0.3) is 0 Å². The lowest BCUT2D eigenvalue weighted by atomic mass is 9.87. The van der Waals surface area contributed by atoms with E-state index in [-0.39, 0.29) is 18.2 Å². The summed E-state index contributed by atoms with van der Waals surface area (Å²) in [6, 6.07) is 3.46. The molecule has 3 heterocycles. The molecule has 2 aliphatic rings. The molecule has 2 aromatic rings. The van der Waals surface area contributed by atoms with Crippen molar-refractivity contribution in [3.63, 3.8) is 0 Å². The third-order valence-corrected chi connectivity index (χ3v) is 6.37. The molecule has 1 saturated carbocycles. The van der Waals surface area contributed by atoms with Gasteiger partial charge in [0.25, 0.3) is 5.91 Å². The molecule has 32 heavy (non-hydrogen) atoms. The predicted octanol–water partition coefficient (Wildman–Crippen LogP) is 2.75. The van der Waals surface area contributed by atoms with Gasteiger partial charge in [-0.15, -0.1) is 0 Å². The van der Waals surface area contributed by atoms with Crippen molar-refractivity contribution in [2.75, 3.05) is 32.8 Å². The van der Waals surface area contributed by atoms with Crippen LogP contribution in [0.1, 0.15) is 54.4 Å². The maximum Gasteiger partial charge on any atom is 0.254 e. The van der Waals surface area contributed by atoms with Crippen molar-refractivity contribution in [2.45, 2.75) is 44.9 Å². The summed E-state index contributed by atoms with van der Waals surface area (Å²) in [5.74, 6) is 1.24. The van der Waals surface area contributed by atoms with E-state index < -0.39 is 0 Å². The highest BCUT2D eigenvalue weighted by molar-refractivity contribution is 5.94. The zero-order valence-corrected chi connectivity index (χ0v) is 18.5. The predicted molar refractivity (Wildman–Crippen MR) is 119 cm³/mol. The molecule has 4 rings (SSSR count). The summed E-state index contributed by atoms with van der Waals surface area (Å²) in [4.78, 5) is 41.2. The first-order valence-electron chi connectivity index (χ1n) is 11.6. The molecular formula is C24H31N5O3. The van der Waals surface area contributed by atoms with Gasteiger partial charge in [0.15, 0.2) is 0 Å². The first kappa shape index (κ1) is 22.2. The molecule has 0 bridgehead atoms. The van der Waals surface area contributed by atoms with E-state index in [9.17, 15) is 9.59 Å². The number of hydrogen-bond donors (Lipinski definition) is 0. The van der Waals surface area contributed by atoms with Gasteiger partial charge in [-0.05, 0) is 24.0 Å². The van der Waals surface area contributed by atoms with E-state index in [0.717, 1.165) is 17.9 Å². The molecule has 0 aromatic carbocycles. The highest BCUT2D eigenvalue weighted by Gasteiger charge is 2.25. The van der Waals surface area contributed by atoms with Crippen molar-refractivity contribution in [1.29, 1.82) is 0 Å². The zero-order chi connectivity index (χ0) is 22.2. The van der Waals surface area contributed by atoms with Crippen LogP contribution in [0.3, 0.4) is 0 Å². The first-order chi connectivity index (χ1) is 15.7. The lowest BCUT2D eigenvalue weighted by molar-refractivity contribution is -0.131. The second kappa shape index (κ2) is 11.0. The van der Waals surface area contributed by atoms with Crippen LogP contribution < -0.4 is 4.74 Å². The van der Waals surface area contributed by atoms with Crippen LogP contribution in [0.2, 0.25) is 0 Å². The van der Waals surface area contributed by atoms with Gasteiger partial charge in [-0.25, -0.2) is 15.0 Å². The summed E-state index contributed by atoms with van der Waals surface area (Å²) in [5, 5.41) is 0. The Morgan fingerprint density at radius 3 is 2.47 bits per heavy atom. The maximum absolute atomic E-state index is 13.0. The largest absolute Gasteiger partial charge is 0.478 e. The average Bonchev–Trinajstić information content (AvgIpc) is 2.85. The second-order valence-corrected chi connectivity index (χ2v) is 8.62. The number of nitrogens with zero attached hydrogens (tertiary/aromatic N) is 5. The lowest BCUT2D eigenvalue weighted by Crippen LogP contribution is -2.51. The molecule has 0 radical (unpaired) electrons. The lowest BCUT2D eigenvalue weighted by Gasteiger charge is -2.35.